The van der Waals surface area contributed by atoms with E-state index in [0.29, 0.717) is 18.4 Å². The molecule has 1 saturated heterocycles. The molecule has 0 aliphatic carbocycles. The van der Waals surface area contributed by atoms with Crippen LogP contribution in [0.15, 0.2) is 24.5 Å². The molecule has 2 rings (SSSR count). The molecule has 152 valence electrons. The lowest BCUT2D eigenvalue weighted by molar-refractivity contribution is -0.352. The van der Waals surface area contributed by atoms with Gasteiger partial charge in [-0.2, -0.15) is 8.78 Å². The van der Waals surface area contributed by atoms with Crippen molar-refractivity contribution in [1.82, 2.24) is 0 Å². The van der Waals surface area contributed by atoms with Crippen LogP contribution >= 0.6 is 11.6 Å². The molecule has 1 aliphatic heterocycles. The summed E-state index contributed by atoms with van der Waals surface area (Å²) in [4.78, 5) is 0. The van der Waals surface area contributed by atoms with E-state index in [2.05, 4.69) is 9.47 Å². The minimum absolute atomic E-state index is 0.0201. The predicted molar refractivity (Wildman–Crippen MR) is 86.8 cm³/mol. The van der Waals surface area contributed by atoms with Crippen LogP contribution in [-0.4, -0.2) is 32.0 Å². The summed E-state index contributed by atoms with van der Waals surface area (Å²) in [6.07, 6.45) is -6.10. The standard InChI is InChI=1S/C17H18ClF5O4/c1-2-3-10-8-25-16(26-9-10)17(22,23)27-11-6-12(18)15(13(19)7-11)24-5-4-14(20)21/h4-7,10,14,16H,2-3,8-9H2,1H3/b5-4+. The van der Waals surface area contributed by atoms with Gasteiger partial charge in [0.05, 0.1) is 24.5 Å². The van der Waals surface area contributed by atoms with Crippen LogP contribution in [0.2, 0.25) is 5.02 Å². The van der Waals surface area contributed by atoms with Gasteiger partial charge in [0.25, 0.3) is 12.7 Å². The number of hydrogen-bond acceptors (Lipinski definition) is 4. The maximum Gasteiger partial charge on any atom is 0.451 e. The largest absolute Gasteiger partial charge is 0.460 e. The van der Waals surface area contributed by atoms with Gasteiger partial charge >= 0.3 is 6.11 Å². The normalized spacial score (nSPS) is 21.0. The van der Waals surface area contributed by atoms with Gasteiger partial charge in [0.2, 0.25) is 0 Å². The Morgan fingerprint density at radius 1 is 1.30 bits per heavy atom. The Hall–Kier alpha value is -1.58. The van der Waals surface area contributed by atoms with E-state index in [4.69, 9.17) is 21.1 Å². The molecule has 10 heteroatoms. The number of alkyl halides is 4. The second-order valence-corrected chi connectivity index (χ2v) is 6.22. The lowest BCUT2D eigenvalue weighted by atomic mass is 10.1. The molecule has 0 atom stereocenters. The van der Waals surface area contributed by atoms with Gasteiger partial charge < -0.3 is 18.9 Å². The van der Waals surface area contributed by atoms with Crippen molar-refractivity contribution in [3.05, 3.63) is 35.3 Å². The first-order valence-electron chi connectivity index (χ1n) is 8.13. The highest BCUT2D eigenvalue weighted by molar-refractivity contribution is 6.32. The Morgan fingerprint density at radius 2 is 1.96 bits per heavy atom. The van der Waals surface area contributed by atoms with Crippen molar-refractivity contribution < 1.29 is 40.9 Å². The number of rotatable bonds is 8. The summed E-state index contributed by atoms with van der Waals surface area (Å²) < 4.78 is 85.6. The number of hydrogen-bond donors (Lipinski definition) is 0. The van der Waals surface area contributed by atoms with Crippen molar-refractivity contribution in [1.29, 1.82) is 0 Å². The van der Waals surface area contributed by atoms with Crippen molar-refractivity contribution in [3.63, 3.8) is 0 Å². The predicted octanol–water partition coefficient (Wildman–Crippen LogP) is 5.40. The summed E-state index contributed by atoms with van der Waals surface area (Å²) >= 11 is 5.74. The minimum Gasteiger partial charge on any atom is -0.460 e. The molecule has 1 aliphatic rings. The average Bonchev–Trinajstić information content (AvgIpc) is 2.57. The molecule has 0 aromatic heterocycles. The Kier molecular flexibility index (Phi) is 7.69. The van der Waals surface area contributed by atoms with E-state index in [0.717, 1.165) is 18.9 Å². The molecule has 4 nitrogen and oxygen atoms in total. The van der Waals surface area contributed by atoms with Crippen LogP contribution in [0, 0.1) is 11.7 Å². The third-order valence-corrected chi connectivity index (χ3v) is 3.85. The van der Waals surface area contributed by atoms with E-state index in [1.165, 1.54) is 0 Å². The molecule has 0 bridgehead atoms. The first-order chi connectivity index (χ1) is 12.7. The SMILES string of the molecule is CCCC1COC(C(F)(F)Oc2cc(F)c(O/C=C/C(F)F)c(Cl)c2)OC1. The van der Waals surface area contributed by atoms with Gasteiger partial charge in [-0.25, -0.2) is 13.2 Å². The molecule has 27 heavy (non-hydrogen) atoms. The average molecular weight is 417 g/mol. The lowest BCUT2D eigenvalue weighted by Crippen LogP contribution is -2.47. The van der Waals surface area contributed by atoms with E-state index < -0.39 is 41.2 Å². The fourth-order valence-corrected chi connectivity index (χ4v) is 2.63. The highest BCUT2D eigenvalue weighted by Crippen LogP contribution is 2.36. The molecule has 0 amide bonds. The second kappa shape index (κ2) is 9.57. The number of benzene rings is 1. The zero-order valence-electron chi connectivity index (χ0n) is 14.3. The summed E-state index contributed by atoms with van der Waals surface area (Å²) in [6.45, 7) is 2.14. The lowest BCUT2D eigenvalue weighted by Gasteiger charge is -2.33. The van der Waals surface area contributed by atoms with E-state index in [9.17, 15) is 22.0 Å². The molecular weight excluding hydrogens is 399 g/mol. The smallest absolute Gasteiger partial charge is 0.451 e. The fourth-order valence-electron chi connectivity index (χ4n) is 2.39. The molecular formula is C17H18ClF5O4. The quantitative estimate of drug-likeness (QED) is 0.420. The maximum atomic E-state index is 14.2. The van der Waals surface area contributed by atoms with Gasteiger partial charge in [-0.05, 0) is 6.42 Å². The summed E-state index contributed by atoms with van der Waals surface area (Å²) in [5.74, 6) is -2.35. The van der Waals surface area contributed by atoms with Crippen molar-refractivity contribution in [2.24, 2.45) is 5.92 Å². The van der Waals surface area contributed by atoms with Gasteiger partial charge in [0.15, 0.2) is 11.6 Å². The Morgan fingerprint density at radius 3 is 2.52 bits per heavy atom. The van der Waals surface area contributed by atoms with E-state index >= 15 is 0 Å². The minimum atomic E-state index is -3.90. The van der Waals surface area contributed by atoms with E-state index in [-0.39, 0.29) is 19.1 Å². The monoisotopic (exact) mass is 416 g/mol. The number of ether oxygens (including phenoxy) is 4. The van der Waals surface area contributed by atoms with Gasteiger partial charge in [0.1, 0.15) is 5.75 Å². The summed E-state index contributed by atoms with van der Waals surface area (Å²) in [6, 6.07) is 1.46. The van der Waals surface area contributed by atoms with Gasteiger partial charge in [-0.1, -0.05) is 24.9 Å². The van der Waals surface area contributed by atoms with E-state index in [1.54, 1.807) is 0 Å². The fraction of sp³-hybridized carbons (Fsp3) is 0.529. The third kappa shape index (κ3) is 6.22. The number of allylic oxidation sites excluding steroid dienone is 1. The molecule has 0 unspecified atom stereocenters. The van der Waals surface area contributed by atoms with Crippen LogP contribution in [0.3, 0.4) is 0 Å². The van der Waals surface area contributed by atoms with Crippen LogP contribution < -0.4 is 9.47 Å². The molecule has 1 heterocycles. The third-order valence-electron chi connectivity index (χ3n) is 3.57. The Bertz CT molecular complexity index is 625. The highest BCUT2D eigenvalue weighted by Gasteiger charge is 2.47. The second-order valence-electron chi connectivity index (χ2n) is 5.81. The Labute approximate surface area is 157 Å². The first kappa shape index (κ1) is 21.7. The topological polar surface area (TPSA) is 36.9 Å². The van der Waals surface area contributed by atoms with Crippen LogP contribution in [0.25, 0.3) is 0 Å². The van der Waals surface area contributed by atoms with Gasteiger partial charge in [-0.3, -0.25) is 0 Å². The molecule has 1 aromatic rings. The molecule has 1 aromatic carbocycles. The van der Waals surface area contributed by atoms with Crippen molar-refractivity contribution in [2.45, 2.75) is 38.6 Å². The van der Waals surface area contributed by atoms with E-state index in [1.807, 2.05) is 6.92 Å². The van der Waals surface area contributed by atoms with Crippen molar-refractivity contribution in [2.75, 3.05) is 13.2 Å². The Balaban J connectivity index is 2.03. The maximum absolute atomic E-state index is 14.2. The zero-order valence-corrected chi connectivity index (χ0v) is 15.0. The first-order valence-corrected chi connectivity index (χ1v) is 8.51. The molecule has 0 radical (unpaired) electrons. The highest BCUT2D eigenvalue weighted by atomic mass is 35.5. The summed E-state index contributed by atoms with van der Waals surface area (Å²) in [5, 5.41) is -0.437. The zero-order chi connectivity index (χ0) is 20.0. The number of halogens is 6. The molecule has 0 N–H and O–H groups in total. The summed E-state index contributed by atoms with van der Waals surface area (Å²) in [5.41, 5.74) is 0. The van der Waals surface area contributed by atoms with Crippen LogP contribution in [0.5, 0.6) is 11.5 Å². The van der Waals surface area contributed by atoms with Crippen LogP contribution in [-0.2, 0) is 9.47 Å². The molecule has 0 spiro atoms. The van der Waals surface area contributed by atoms with Crippen molar-refractivity contribution >= 4 is 11.6 Å². The van der Waals surface area contributed by atoms with Crippen LogP contribution in [0.1, 0.15) is 19.8 Å². The summed E-state index contributed by atoms with van der Waals surface area (Å²) in [7, 11) is 0. The van der Waals surface area contributed by atoms with Gasteiger partial charge in [0, 0.05) is 24.1 Å². The van der Waals surface area contributed by atoms with Crippen LogP contribution in [0.4, 0.5) is 22.0 Å². The van der Waals surface area contributed by atoms with Gasteiger partial charge in [-0.15, -0.1) is 0 Å². The molecule has 0 saturated carbocycles. The van der Waals surface area contributed by atoms with Crippen molar-refractivity contribution in [3.8, 4) is 11.5 Å². The molecule has 1 fully saturated rings.